The van der Waals surface area contributed by atoms with Crippen LogP contribution in [0.1, 0.15) is 23.7 Å². The number of ether oxygens (including phenoxy) is 2. The molecule has 2 aliphatic rings. The Kier molecular flexibility index (Phi) is 2.02. The third-order valence-electron chi connectivity index (χ3n) is 2.88. The van der Waals surface area contributed by atoms with Crippen molar-refractivity contribution in [3.8, 4) is 11.5 Å². The van der Waals surface area contributed by atoms with Crippen molar-refractivity contribution in [3.05, 3.63) is 17.7 Å². The zero-order valence-corrected chi connectivity index (χ0v) is 9.08. The Labute approximate surface area is 93.5 Å². The number of carbonyl (C=O) groups is 1. The summed E-state index contributed by atoms with van der Waals surface area (Å²) < 4.78 is 10.9. The summed E-state index contributed by atoms with van der Waals surface area (Å²) in [4.78, 5) is 11.8. The first-order chi connectivity index (χ1) is 7.74. The molecular weight excluding hydrogens is 206 g/mol. The van der Waals surface area contributed by atoms with Gasteiger partial charge in [0.2, 0.25) is 0 Å². The molecular formula is C12H13NO3. The van der Waals surface area contributed by atoms with Crippen molar-refractivity contribution in [1.82, 2.24) is 0 Å². The molecule has 0 amide bonds. The molecule has 2 aliphatic heterocycles. The SMILES string of the molecule is CC1CC(=O)c2cc3c(cc2N1)OCCO3. The van der Waals surface area contributed by atoms with Gasteiger partial charge in [-0.25, -0.2) is 0 Å². The molecule has 4 nitrogen and oxygen atoms in total. The zero-order valence-electron chi connectivity index (χ0n) is 9.08. The summed E-state index contributed by atoms with van der Waals surface area (Å²) in [6, 6.07) is 3.82. The molecule has 0 fully saturated rings. The molecule has 0 radical (unpaired) electrons. The Hall–Kier alpha value is -1.71. The lowest BCUT2D eigenvalue weighted by Gasteiger charge is -2.26. The summed E-state index contributed by atoms with van der Waals surface area (Å²) >= 11 is 0. The Bertz CT molecular complexity index is 456. The van der Waals surface area contributed by atoms with Crippen LogP contribution in [0.2, 0.25) is 0 Å². The summed E-state index contributed by atoms with van der Waals surface area (Å²) in [6.45, 7) is 3.11. The fourth-order valence-corrected chi connectivity index (χ4v) is 2.14. The monoisotopic (exact) mass is 219 g/mol. The number of benzene rings is 1. The van der Waals surface area contributed by atoms with Crippen LogP contribution in [-0.4, -0.2) is 25.0 Å². The molecule has 84 valence electrons. The second kappa shape index (κ2) is 3.40. The summed E-state index contributed by atoms with van der Waals surface area (Å²) in [5.74, 6) is 1.56. The van der Waals surface area contributed by atoms with Gasteiger partial charge in [0.1, 0.15) is 13.2 Å². The van der Waals surface area contributed by atoms with Gasteiger partial charge in [0, 0.05) is 29.8 Å². The van der Waals surface area contributed by atoms with E-state index in [1.54, 1.807) is 6.07 Å². The molecule has 0 aromatic heterocycles. The molecule has 16 heavy (non-hydrogen) atoms. The van der Waals surface area contributed by atoms with Crippen LogP contribution in [0.25, 0.3) is 0 Å². The lowest BCUT2D eigenvalue weighted by Crippen LogP contribution is -2.27. The van der Waals surface area contributed by atoms with Crippen molar-refractivity contribution < 1.29 is 14.3 Å². The van der Waals surface area contributed by atoms with E-state index in [1.165, 1.54) is 0 Å². The molecule has 1 N–H and O–H groups in total. The van der Waals surface area contributed by atoms with Crippen LogP contribution < -0.4 is 14.8 Å². The van der Waals surface area contributed by atoms with Gasteiger partial charge in [-0.05, 0) is 13.0 Å². The topological polar surface area (TPSA) is 47.6 Å². The Balaban J connectivity index is 2.09. The van der Waals surface area contributed by atoms with Crippen LogP contribution in [-0.2, 0) is 0 Å². The van der Waals surface area contributed by atoms with E-state index in [2.05, 4.69) is 5.32 Å². The van der Waals surface area contributed by atoms with E-state index in [4.69, 9.17) is 9.47 Å². The summed E-state index contributed by atoms with van der Waals surface area (Å²) in [5, 5.41) is 3.28. The number of nitrogens with one attached hydrogen (secondary N) is 1. The minimum Gasteiger partial charge on any atom is -0.486 e. The first-order valence-corrected chi connectivity index (χ1v) is 5.47. The molecule has 0 saturated carbocycles. The highest BCUT2D eigenvalue weighted by atomic mass is 16.6. The van der Waals surface area contributed by atoms with E-state index in [-0.39, 0.29) is 11.8 Å². The first kappa shape index (κ1) is 9.51. The van der Waals surface area contributed by atoms with Gasteiger partial charge in [-0.15, -0.1) is 0 Å². The van der Waals surface area contributed by atoms with Crippen molar-refractivity contribution in [3.63, 3.8) is 0 Å². The molecule has 1 atom stereocenters. The number of hydrogen-bond donors (Lipinski definition) is 1. The molecule has 1 aromatic carbocycles. The van der Waals surface area contributed by atoms with Gasteiger partial charge in [-0.3, -0.25) is 4.79 Å². The van der Waals surface area contributed by atoms with Crippen molar-refractivity contribution in [2.75, 3.05) is 18.5 Å². The van der Waals surface area contributed by atoms with E-state index >= 15 is 0 Å². The van der Waals surface area contributed by atoms with Crippen LogP contribution in [0.15, 0.2) is 12.1 Å². The lowest BCUT2D eigenvalue weighted by atomic mass is 9.97. The molecule has 1 aromatic rings. The standard InChI is InChI=1S/C12H13NO3/c1-7-4-10(14)8-5-11-12(6-9(8)13-7)16-3-2-15-11/h5-7,13H,2-4H2,1H3. The highest BCUT2D eigenvalue weighted by molar-refractivity contribution is 6.04. The molecule has 1 unspecified atom stereocenters. The molecule has 0 saturated heterocycles. The van der Waals surface area contributed by atoms with E-state index in [0.717, 1.165) is 11.4 Å². The summed E-state index contributed by atoms with van der Waals surface area (Å²) in [7, 11) is 0. The van der Waals surface area contributed by atoms with E-state index in [0.29, 0.717) is 30.9 Å². The minimum atomic E-state index is 0.165. The van der Waals surface area contributed by atoms with Gasteiger partial charge in [-0.2, -0.15) is 0 Å². The normalized spacial score (nSPS) is 22.3. The van der Waals surface area contributed by atoms with Crippen LogP contribution in [0, 0.1) is 0 Å². The molecule has 0 spiro atoms. The minimum absolute atomic E-state index is 0.165. The lowest BCUT2D eigenvalue weighted by molar-refractivity contribution is 0.0973. The van der Waals surface area contributed by atoms with Gasteiger partial charge in [0.05, 0.1) is 0 Å². The van der Waals surface area contributed by atoms with Gasteiger partial charge in [-0.1, -0.05) is 0 Å². The number of Topliss-reactive ketones (excluding diaryl/α,β-unsaturated/α-hetero) is 1. The van der Waals surface area contributed by atoms with Crippen molar-refractivity contribution >= 4 is 11.5 Å². The molecule has 0 bridgehead atoms. The van der Waals surface area contributed by atoms with Gasteiger partial charge < -0.3 is 14.8 Å². The Morgan fingerprint density at radius 1 is 1.25 bits per heavy atom. The summed E-state index contributed by atoms with van der Waals surface area (Å²) in [5.41, 5.74) is 1.57. The number of hydrogen-bond acceptors (Lipinski definition) is 4. The quantitative estimate of drug-likeness (QED) is 0.723. The molecule has 3 rings (SSSR count). The van der Waals surface area contributed by atoms with E-state index < -0.39 is 0 Å². The van der Waals surface area contributed by atoms with Gasteiger partial charge in [0.25, 0.3) is 0 Å². The average molecular weight is 219 g/mol. The number of carbonyl (C=O) groups excluding carboxylic acids is 1. The third-order valence-corrected chi connectivity index (χ3v) is 2.88. The number of anilines is 1. The van der Waals surface area contributed by atoms with Crippen LogP contribution >= 0.6 is 0 Å². The predicted octanol–water partition coefficient (Wildman–Crippen LogP) is 1.84. The molecule has 4 heteroatoms. The van der Waals surface area contributed by atoms with Crippen LogP contribution in [0.3, 0.4) is 0 Å². The fourth-order valence-electron chi connectivity index (χ4n) is 2.14. The maximum Gasteiger partial charge on any atom is 0.167 e. The average Bonchev–Trinajstić information content (AvgIpc) is 2.27. The maximum atomic E-state index is 11.8. The second-order valence-corrected chi connectivity index (χ2v) is 4.21. The number of ketones is 1. The highest BCUT2D eigenvalue weighted by Crippen LogP contribution is 2.38. The maximum absolute atomic E-state index is 11.8. The van der Waals surface area contributed by atoms with E-state index in [9.17, 15) is 4.79 Å². The number of fused-ring (bicyclic) bond motifs is 2. The van der Waals surface area contributed by atoms with Crippen LogP contribution in [0.5, 0.6) is 11.5 Å². The predicted molar refractivity (Wildman–Crippen MR) is 59.5 cm³/mol. The summed E-state index contributed by atoms with van der Waals surface area (Å²) in [6.07, 6.45) is 0.534. The van der Waals surface area contributed by atoms with Gasteiger partial charge in [0.15, 0.2) is 17.3 Å². The van der Waals surface area contributed by atoms with Crippen molar-refractivity contribution in [2.45, 2.75) is 19.4 Å². The van der Waals surface area contributed by atoms with Gasteiger partial charge >= 0.3 is 0 Å². The van der Waals surface area contributed by atoms with Crippen LogP contribution in [0.4, 0.5) is 5.69 Å². The Morgan fingerprint density at radius 3 is 2.69 bits per heavy atom. The van der Waals surface area contributed by atoms with Crippen molar-refractivity contribution in [2.24, 2.45) is 0 Å². The Morgan fingerprint density at radius 2 is 1.94 bits per heavy atom. The third kappa shape index (κ3) is 1.41. The second-order valence-electron chi connectivity index (χ2n) is 4.21. The number of rotatable bonds is 0. The zero-order chi connectivity index (χ0) is 11.1. The first-order valence-electron chi connectivity index (χ1n) is 5.47. The van der Waals surface area contributed by atoms with Crippen molar-refractivity contribution in [1.29, 1.82) is 0 Å². The smallest absolute Gasteiger partial charge is 0.167 e. The molecule has 0 aliphatic carbocycles. The highest BCUT2D eigenvalue weighted by Gasteiger charge is 2.25. The largest absolute Gasteiger partial charge is 0.486 e. The molecule has 2 heterocycles. The van der Waals surface area contributed by atoms with E-state index in [1.807, 2.05) is 13.0 Å². The fraction of sp³-hybridized carbons (Fsp3) is 0.417.